The van der Waals surface area contributed by atoms with Gasteiger partial charge in [0.1, 0.15) is 5.76 Å². The number of carbonyl (C=O) groups excluding carboxylic acids is 2. The largest absolute Gasteiger partial charge is 0.463 e. The fourth-order valence-electron chi connectivity index (χ4n) is 1.86. The number of anilines is 1. The maximum Gasteiger partial charge on any atom is 0.240 e. The van der Waals surface area contributed by atoms with Gasteiger partial charge in [-0.3, -0.25) is 9.59 Å². The standard InChI is InChI=1S/C17H19N3O3/c1-12-5-6-14(10-13(12)2)19-16(21)7-8-17(22)20-18-11-15-4-3-9-23-15/h3-6,9-11H,7-8H2,1-2H3,(H,19,21)(H,20,22)/b18-11+. The van der Waals surface area contributed by atoms with Crippen LogP contribution in [0.1, 0.15) is 29.7 Å². The van der Waals surface area contributed by atoms with Crippen molar-refractivity contribution in [3.63, 3.8) is 0 Å². The van der Waals surface area contributed by atoms with E-state index < -0.39 is 0 Å². The lowest BCUT2D eigenvalue weighted by molar-refractivity contribution is -0.124. The number of nitrogens with zero attached hydrogens (tertiary/aromatic N) is 1. The summed E-state index contributed by atoms with van der Waals surface area (Å²) in [4.78, 5) is 23.4. The molecular formula is C17H19N3O3. The number of benzene rings is 1. The Balaban J connectivity index is 1.73. The summed E-state index contributed by atoms with van der Waals surface area (Å²) in [5.41, 5.74) is 5.35. The van der Waals surface area contributed by atoms with Crippen molar-refractivity contribution in [2.75, 3.05) is 5.32 Å². The Morgan fingerprint density at radius 3 is 2.61 bits per heavy atom. The Hall–Kier alpha value is -2.89. The van der Waals surface area contributed by atoms with Crippen LogP contribution in [0.4, 0.5) is 5.69 Å². The maximum absolute atomic E-state index is 11.8. The monoisotopic (exact) mass is 313 g/mol. The van der Waals surface area contributed by atoms with Crippen molar-refractivity contribution in [2.24, 2.45) is 5.10 Å². The first-order chi connectivity index (χ1) is 11.0. The van der Waals surface area contributed by atoms with E-state index in [1.54, 1.807) is 12.1 Å². The van der Waals surface area contributed by atoms with Crippen molar-refractivity contribution in [3.8, 4) is 0 Å². The van der Waals surface area contributed by atoms with E-state index in [9.17, 15) is 9.59 Å². The molecule has 0 unspecified atom stereocenters. The number of amides is 2. The highest BCUT2D eigenvalue weighted by atomic mass is 16.3. The van der Waals surface area contributed by atoms with Crippen LogP contribution in [-0.4, -0.2) is 18.0 Å². The first kappa shape index (κ1) is 16.5. The predicted octanol–water partition coefficient (Wildman–Crippen LogP) is 2.77. The average Bonchev–Trinajstić information content (AvgIpc) is 3.02. The molecule has 23 heavy (non-hydrogen) atoms. The molecule has 2 rings (SSSR count). The van der Waals surface area contributed by atoms with E-state index >= 15 is 0 Å². The van der Waals surface area contributed by atoms with Gasteiger partial charge in [0.05, 0.1) is 12.5 Å². The number of hydrazone groups is 1. The lowest BCUT2D eigenvalue weighted by Crippen LogP contribution is -2.20. The van der Waals surface area contributed by atoms with Gasteiger partial charge in [0.15, 0.2) is 0 Å². The lowest BCUT2D eigenvalue weighted by Gasteiger charge is -2.07. The number of nitrogens with one attached hydrogen (secondary N) is 2. The third kappa shape index (κ3) is 5.43. The second kappa shape index (κ2) is 7.93. The quantitative estimate of drug-likeness (QED) is 0.635. The van der Waals surface area contributed by atoms with Gasteiger partial charge in [0.25, 0.3) is 0 Å². The van der Waals surface area contributed by atoms with Crippen LogP contribution in [-0.2, 0) is 9.59 Å². The Labute approximate surface area is 134 Å². The number of hydrogen-bond acceptors (Lipinski definition) is 4. The third-order valence-electron chi connectivity index (χ3n) is 3.29. The fraction of sp³-hybridized carbons (Fsp3) is 0.235. The summed E-state index contributed by atoms with van der Waals surface area (Å²) >= 11 is 0. The molecular weight excluding hydrogens is 294 g/mol. The Morgan fingerprint density at radius 1 is 1.13 bits per heavy atom. The summed E-state index contributed by atoms with van der Waals surface area (Å²) in [5, 5.41) is 6.52. The van der Waals surface area contributed by atoms with Crippen molar-refractivity contribution in [3.05, 3.63) is 53.5 Å². The molecule has 0 radical (unpaired) electrons. The normalized spacial score (nSPS) is 10.7. The van der Waals surface area contributed by atoms with E-state index in [4.69, 9.17) is 4.42 Å². The molecule has 120 valence electrons. The van der Waals surface area contributed by atoms with E-state index in [2.05, 4.69) is 15.8 Å². The van der Waals surface area contributed by atoms with Crippen LogP contribution in [0.25, 0.3) is 0 Å². The molecule has 0 bridgehead atoms. The van der Waals surface area contributed by atoms with Crippen LogP contribution in [0.3, 0.4) is 0 Å². The first-order valence-electron chi connectivity index (χ1n) is 7.27. The molecule has 1 heterocycles. The van der Waals surface area contributed by atoms with Gasteiger partial charge < -0.3 is 9.73 Å². The molecule has 2 amide bonds. The Kier molecular flexibility index (Phi) is 5.68. The van der Waals surface area contributed by atoms with Gasteiger partial charge in [-0.25, -0.2) is 5.43 Å². The van der Waals surface area contributed by atoms with Gasteiger partial charge >= 0.3 is 0 Å². The molecule has 2 N–H and O–H groups in total. The highest BCUT2D eigenvalue weighted by molar-refractivity contribution is 5.93. The number of hydrogen-bond donors (Lipinski definition) is 2. The van der Waals surface area contributed by atoms with E-state index in [-0.39, 0.29) is 24.7 Å². The third-order valence-corrected chi connectivity index (χ3v) is 3.29. The zero-order chi connectivity index (χ0) is 16.7. The van der Waals surface area contributed by atoms with Crippen LogP contribution < -0.4 is 10.7 Å². The van der Waals surface area contributed by atoms with Gasteiger partial charge in [-0.05, 0) is 49.2 Å². The Bertz CT molecular complexity index is 706. The smallest absolute Gasteiger partial charge is 0.240 e. The SMILES string of the molecule is Cc1ccc(NC(=O)CCC(=O)N/N=C/c2ccco2)cc1C. The molecule has 1 aromatic carbocycles. The van der Waals surface area contributed by atoms with Gasteiger partial charge in [-0.2, -0.15) is 5.10 Å². The Morgan fingerprint density at radius 2 is 1.91 bits per heavy atom. The molecule has 6 nitrogen and oxygen atoms in total. The molecule has 0 fully saturated rings. The van der Waals surface area contributed by atoms with Crippen molar-refractivity contribution in [1.82, 2.24) is 5.43 Å². The summed E-state index contributed by atoms with van der Waals surface area (Å²) in [7, 11) is 0. The number of rotatable bonds is 6. The zero-order valence-electron chi connectivity index (χ0n) is 13.1. The summed E-state index contributed by atoms with van der Waals surface area (Å²) < 4.78 is 5.03. The molecule has 0 saturated heterocycles. The summed E-state index contributed by atoms with van der Waals surface area (Å²) in [6.07, 6.45) is 3.06. The minimum atomic E-state index is -0.331. The average molecular weight is 313 g/mol. The maximum atomic E-state index is 11.8. The van der Waals surface area contributed by atoms with Crippen LogP contribution in [0.2, 0.25) is 0 Å². The molecule has 0 spiro atoms. The minimum Gasteiger partial charge on any atom is -0.463 e. The molecule has 0 aliphatic heterocycles. The molecule has 0 aliphatic carbocycles. The minimum absolute atomic E-state index is 0.0617. The van der Waals surface area contributed by atoms with E-state index in [1.165, 1.54) is 12.5 Å². The summed E-state index contributed by atoms with van der Waals surface area (Å²) in [6.45, 7) is 3.99. The van der Waals surface area contributed by atoms with Gasteiger partial charge in [-0.15, -0.1) is 0 Å². The molecule has 1 aromatic heterocycles. The summed E-state index contributed by atoms with van der Waals surface area (Å²) in [5.74, 6) is -0.000700. The fourth-order valence-corrected chi connectivity index (χ4v) is 1.86. The molecule has 2 aromatic rings. The van der Waals surface area contributed by atoms with Gasteiger partial charge in [0.2, 0.25) is 11.8 Å². The summed E-state index contributed by atoms with van der Waals surface area (Å²) in [6, 6.07) is 9.13. The number of aryl methyl sites for hydroxylation is 2. The topological polar surface area (TPSA) is 83.7 Å². The highest BCUT2D eigenvalue weighted by Gasteiger charge is 2.07. The van der Waals surface area contributed by atoms with Crippen molar-refractivity contribution in [1.29, 1.82) is 0 Å². The van der Waals surface area contributed by atoms with Gasteiger partial charge in [0, 0.05) is 18.5 Å². The highest BCUT2D eigenvalue weighted by Crippen LogP contribution is 2.14. The van der Waals surface area contributed by atoms with E-state index in [0.717, 1.165) is 16.8 Å². The molecule has 0 atom stereocenters. The second-order valence-corrected chi connectivity index (χ2v) is 5.16. The lowest BCUT2D eigenvalue weighted by atomic mass is 10.1. The van der Waals surface area contributed by atoms with Crippen LogP contribution in [0.5, 0.6) is 0 Å². The van der Waals surface area contributed by atoms with Crippen LogP contribution in [0.15, 0.2) is 46.1 Å². The molecule has 0 saturated carbocycles. The zero-order valence-corrected chi connectivity index (χ0v) is 13.1. The second-order valence-electron chi connectivity index (χ2n) is 5.16. The van der Waals surface area contributed by atoms with Crippen LogP contribution >= 0.6 is 0 Å². The number of carbonyl (C=O) groups is 2. The van der Waals surface area contributed by atoms with E-state index in [0.29, 0.717) is 5.76 Å². The molecule has 6 heteroatoms. The van der Waals surface area contributed by atoms with Crippen molar-refractivity contribution < 1.29 is 14.0 Å². The van der Waals surface area contributed by atoms with Crippen molar-refractivity contribution >= 4 is 23.7 Å². The molecule has 0 aliphatic rings. The van der Waals surface area contributed by atoms with E-state index in [1.807, 2.05) is 32.0 Å². The first-order valence-corrected chi connectivity index (χ1v) is 7.27. The van der Waals surface area contributed by atoms with Crippen LogP contribution in [0, 0.1) is 13.8 Å². The van der Waals surface area contributed by atoms with Crippen molar-refractivity contribution in [2.45, 2.75) is 26.7 Å². The number of furan rings is 1. The van der Waals surface area contributed by atoms with Gasteiger partial charge in [-0.1, -0.05) is 6.07 Å². The predicted molar refractivity (Wildman–Crippen MR) is 88.2 cm³/mol.